The number of ether oxygens (including phenoxy) is 1. The molecule has 0 radical (unpaired) electrons. The first kappa shape index (κ1) is 28.6. The Morgan fingerprint density at radius 3 is 2.06 bits per heavy atom. The standard InChI is InChI=1S/C46H30N2OS/c1-2-14-33(15-3-1)48-41-20-7-8-22-43(41)49-44-30-35(28-29-42(44)48)47(40-21-10-13-31-12-4-5-16-36(31)40)34-26-24-32(25-27-34)37-18-11-19-39-38-17-6-9-23-45(38)50-46(37)39/h1-30H. The number of benzene rings is 8. The van der Waals surface area contributed by atoms with Gasteiger partial charge in [0.15, 0.2) is 11.5 Å². The number of hydrogen-bond acceptors (Lipinski definition) is 4. The minimum Gasteiger partial charge on any atom is -0.453 e. The Hall–Kier alpha value is -6.36. The van der Waals surface area contributed by atoms with Crippen LogP contribution in [0.25, 0.3) is 42.1 Å². The Bertz CT molecular complexity index is 2690. The van der Waals surface area contributed by atoms with Crippen LogP contribution in [0.1, 0.15) is 0 Å². The monoisotopic (exact) mass is 658 g/mol. The molecule has 0 saturated carbocycles. The molecule has 1 aromatic heterocycles. The molecule has 8 aromatic carbocycles. The van der Waals surface area contributed by atoms with Gasteiger partial charge in [-0.25, -0.2) is 0 Å². The lowest BCUT2D eigenvalue weighted by atomic mass is 10.0. The van der Waals surface area contributed by atoms with Crippen LogP contribution in [-0.4, -0.2) is 0 Å². The van der Waals surface area contributed by atoms with Gasteiger partial charge in [0.2, 0.25) is 0 Å². The number of thiophene rings is 1. The van der Waals surface area contributed by atoms with Crippen LogP contribution in [0.15, 0.2) is 182 Å². The van der Waals surface area contributed by atoms with Crippen molar-refractivity contribution in [1.29, 1.82) is 0 Å². The number of rotatable bonds is 5. The molecule has 0 amide bonds. The van der Waals surface area contributed by atoms with Gasteiger partial charge in [0.25, 0.3) is 0 Å². The molecule has 0 fully saturated rings. The summed E-state index contributed by atoms with van der Waals surface area (Å²) in [5, 5.41) is 5.01. The summed E-state index contributed by atoms with van der Waals surface area (Å²) >= 11 is 1.87. The van der Waals surface area contributed by atoms with Crippen molar-refractivity contribution in [3.63, 3.8) is 0 Å². The van der Waals surface area contributed by atoms with Crippen molar-refractivity contribution >= 4 is 76.4 Å². The van der Waals surface area contributed by atoms with E-state index in [1.165, 1.54) is 42.1 Å². The highest BCUT2D eigenvalue weighted by Gasteiger charge is 2.27. The number of para-hydroxylation sites is 3. The third-order valence-corrected chi connectivity index (χ3v) is 10.9. The second kappa shape index (κ2) is 11.7. The second-order valence-electron chi connectivity index (χ2n) is 12.6. The van der Waals surface area contributed by atoms with Crippen molar-refractivity contribution in [1.82, 2.24) is 0 Å². The highest BCUT2D eigenvalue weighted by molar-refractivity contribution is 7.26. The Morgan fingerprint density at radius 1 is 0.480 bits per heavy atom. The highest BCUT2D eigenvalue weighted by Crippen LogP contribution is 2.52. The van der Waals surface area contributed by atoms with Gasteiger partial charge in [0, 0.05) is 43.0 Å². The molecule has 2 heterocycles. The first-order chi connectivity index (χ1) is 24.8. The predicted octanol–water partition coefficient (Wildman–Crippen LogP) is 13.9. The van der Waals surface area contributed by atoms with Crippen molar-refractivity contribution in [3.05, 3.63) is 182 Å². The van der Waals surface area contributed by atoms with Gasteiger partial charge in [0.1, 0.15) is 0 Å². The molecule has 0 unspecified atom stereocenters. The molecule has 50 heavy (non-hydrogen) atoms. The van der Waals surface area contributed by atoms with Crippen LogP contribution in [-0.2, 0) is 0 Å². The van der Waals surface area contributed by atoms with Gasteiger partial charge in [-0.2, -0.15) is 0 Å². The van der Waals surface area contributed by atoms with Gasteiger partial charge in [-0.05, 0) is 77.2 Å². The molecule has 1 aliphatic rings. The topological polar surface area (TPSA) is 15.7 Å². The van der Waals surface area contributed by atoms with Crippen LogP contribution in [0, 0.1) is 0 Å². The Labute approximate surface area is 294 Å². The fourth-order valence-corrected chi connectivity index (χ4v) is 8.57. The Morgan fingerprint density at radius 2 is 1.16 bits per heavy atom. The van der Waals surface area contributed by atoms with E-state index >= 15 is 0 Å². The summed E-state index contributed by atoms with van der Waals surface area (Å²) < 4.78 is 9.29. The lowest BCUT2D eigenvalue weighted by molar-refractivity contribution is 0.477. The third-order valence-electron chi connectivity index (χ3n) is 9.63. The first-order valence-electron chi connectivity index (χ1n) is 16.8. The molecule has 1 aliphatic heterocycles. The number of nitrogens with zero attached hydrogens (tertiary/aromatic N) is 2. The van der Waals surface area contributed by atoms with Crippen molar-refractivity contribution < 1.29 is 4.74 Å². The minimum atomic E-state index is 0.809. The van der Waals surface area contributed by atoms with Crippen LogP contribution < -0.4 is 14.5 Å². The molecule has 0 bridgehead atoms. The van der Waals surface area contributed by atoms with Crippen molar-refractivity contribution in [3.8, 4) is 22.6 Å². The van der Waals surface area contributed by atoms with E-state index in [9.17, 15) is 0 Å². The largest absolute Gasteiger partial charge is 0.453 e. The quantitative estimate of drug-likeness (QED) is 0.183. The maximum Gasteiger partial charge on any atom is 0.153 e. The third kappa shape index (κ3) is 4.65. The number of hydrogen-bond donors (Lipinski definition) is 0. The second-order valence-corrected chi connectivity index (χ2v) is 13.6. The molecule has 0 atom stereocenters. The van der Waals surface area contributed by atoms with Crippen LogP contribution in [0.3, 0.4) is 0 Å². The SMILES string of the molecule is c1ccc(N2c3ccccc3Oc3cc(N(c4ccc(-c5cccc6c5sc5ccccc56)cc4)c4cccc5ccccc45)ccc32)cc1. The van der Waals surface area contributed by atoms with E-state index in [2.05, 4.69) is 180 Å². The number of anilines is 6. The van der Waals surface area contributed by atoms with E-state index in [1.54, 1.807) is 0 Å². The normalized spacial score (nSPS) is 12.1. The fraction of sp³-hybridized carbons (Fsp3) is 0. The lowest BCUT2D eigenvalue weighted by Crippen LogP contribution is -2.17. The van der Waals surface area contributed by atoms with Gasteiger partial charge in [-0.3, -0.25) is 0 Å². The summed E-state index contributed by atoms with van der Waals surface area (Å²) in [6, 6.07) is 64.8. The van der Waals surface area contributed by atoms with Crippen molar-refractivity contribution in [2.75, 3.05) is 9.80 Å². The molecule has 9 aromatic rings. The average Bonchev–Trinajstić information content (AvgIpc) is 3.57. The van der Waals surface area contributed by atoms with Gasteiger partial charge in [-0.15, -0.1) is 11.3 Å². The summed E-state index contributed by atoms with van der Waals surface area (Å²) in [7, 11) is 0. The molecule has 0 N–H and O–H groups in total. The Balaban J connectivity index is 1.13. The smallest absolute Gasteiger partial charge is 0.153 e. The molecule has 3 nitrogen and oxygen atoms in total. The van der Waals surface area contributed by atoms with E-state index in [0.717, 1.165) is 45.6 Å². The molecule has 236 valence electrons. The summed E-state index contributed by atoms with van der Waals surface area (Å²) in [5.74, 6) is 1.64. The highest BCUT2D eigenvalue weighted by atomic mass is 32.1. The molecular weight excluding hydrogens is 629 g/mol. The molecule has 0 saturated heterocycles. The van der Waals surface area contributed by atoms with Gasteiger partial charge in [0.05, 0.1) is 22.7 Å². The maximum atomic E-state index is 6.65. The summed E-state index contributed by atoms with van der Waals surface area (Å²) in [6.45, 7) is 0. The molecule has 0 aliphatic carbocycles. The van der Waals surface area contributed by atoms with Gasteiger partial charge < -0.3 is 14.5 Å². The van der Waals surface area contributed by atoms with E-state index in [4.69, 9.17) is 4.74 Å². The van der Waals surface area contributed by atoms with Gasteiger partial charge >= 0.3 is 0 Å². The van der Waals surface area contributed by atoms with Crippen LogP contribution in [0.5, 0.6) is 11.5 Å². The zero-order valence-corrected chi connectivity index (χ0v) is 27.8. The maximum absolute atomic E-state index is 6.65. The molecule has 10 rings (SSSR count). The summed E-state index contributed by atoms with van der Waals surface area (Å²) in [6.07, 6.45) is 0. The zero-order valence-electron chi connectivity index (χ0n) is 27.0. The molecule has 0 spiro atoms. The summed E-state index contributed by atoms with van der Waals surface area (Å²) in [4.78, 5) is 4.63. The van der Waals surface area contributed by atoms with E-state index < -0.39 is 0 Å². The van der Waals surface area contributed by atoms with E-state index in [1.807, 2.05) is 23.5 Å². The molecular formula is C46H30N2OS. The fourth-order valence-electron chi connectivity index (χ4n) is 7.34. The predicted molar refractivity (Wildman–Crippen MR) is 212 cm³/mol. The lowest BCUT2D eigenvalue weighted by Gasteiger charge is -2.34. The van der Waals surface area contributed by atoms with Gasteiger partial charge in [-0.1, -0.05) is 115 Å². The van der Waals surface area contributed by atoms with Crippen molar-refractivity contribution in [2.45, 2.75) is 0 Å². The van der Waals surface area contributed by atoms with Crippen LogP contribution in [0.2, 0.25) is 0 Å². The average molecular weight is 659 g/mol. The minimum absolute atomic E-state index is 0.809. The van der Waals surface area contributed by atoms with E-state index in [0.29, 0.717) is 0 Å². The van der Waals surface area contributed by atoms with Crippen LogP contribution in [0.4, 0.5) is 34.1 Å². The van der Waals surface area contributed by atoms with E-state index in [-0.39, 0.29) is 0 Å². The van der Waals surface area contributed by atoms with Crippen molar-refractivity contribution in [2.24, 2.45) is 0 Å². The number of fused-ring (bicyclic) bond motifs is 6. The van der Waals surface area contributed by atoms with Crippen LogP contribution >= 0.6 is 11.3 Å². The Kier molecular flexibility index (Phi) is 6.68. The zero-order chi connectivity index (χ0) is 33.0. The first-order valence-corrected chi connectivity index (χ1v) is 17.7. The summed E-state index contributed by atoms with van der Waals surface area (Å²) in [5.41, 5.74) is 8.78. The molecule has 4 heteroatoms.